The topological polar surface area (TPSA) is 55.6 Å². The molecule has 2 aromatic rings. The van der Waals surface area contributed by atoms with Crippen LogP contribution in [0.2, 0.25) is 0 Å². The second-order valence-electron chi connectivity index (χ2n) is 7.07. The van der Waals surface area contributed by atoms with Crippen LogP contribution < -0.4 is 5.73 Å². The van der Waals surface area contributed by atoms with Crippen molar-refractivity contribution in [2.24, 2.45) is 11.1 Å². The van der Waals surface area contributed by atoms with Crippen molar-refractivity contribution in [3.8, 4) is 11.1 Å². The quantitative estimate of drug-likeness (QED) is 0.917. The van der Waals surface area contributed by atoms with Gasteiger partial charge in [0.25, 0.3) is 0 Å². The van der Waals surface area contributed by atoms with E-state index in [9.17, 15) is 4.79 Å². The van der Waals surface area contributed by atoms with Gasteiger partial charge >= 0.3 is 0 Å². The molecule has 130 valence electrons. The predicted octanol–water partition coefficient (Wildman–Crippen LogP) is 2.95. The number of nitrogens with two attached hydrogens (primary N) is 1. The van der Waals surface area contributed by atoms with E-state index in [1.54, 1.807) is 0 Å². The molecule has 0 spiro atoms. The van der Waals surface area contributed by atoms with E-state index in [0.717, 1.165) is 0 Å². The van der Waals surface area contributed by atoms with Gasteiger partial charge in [0.1, 0.15) is 0 Å². The van der Waals surface area contributed by atoms with Crippen LogP contribution in [0, 0.1) is 5.41 Å². The van der Waals surface area contributed by atoms with Crippen molar-refractivity contribution in [1.82, 2.24) is 4.90 Å². The van der Waals surface area contributed by atoms with Crippen LogP contribution in [0.4, 0.5) is 0 Å². The Kier molecular flexibility index (Phi) is 4.32. The predicted molar refractivity (Wildman–Crippen MR) is 97.7 cm³/mol. The number of hydrogen-bond acceptors (Lipinski definition) is 3. The summed E-state index contributed by atoms with van der Waals surface area (Å²) in [5, 5.41) is 0. The third kappa shape index (κ3) is 2.86. The average Bonchev–Trinajstić information content (AvgIpc) is 2.85. The highest BCUT2D eigenvalue weighted by Crippen LogP contribution is 2.37. The molecule has 0 saturated carbocycles. The second kappa shape index (κ2) is 6.62. The lowest BCUT2D eigenvalue weighted by Gasteiger charge is -2.38. The van der Waals surface area contributed by atoms with Crippen molar-refractivity contribution in [3.05, 3.63) is 59.7 Å². The van der Waals surface area contributed by atoms with Gasteiger partial charge in [0.15, 0.2) is 0 Å². The monoisotopic (exact) mass is 336 g/mol. The normalized spacial score (nSPS) is 18.8. The average molecular weight is 336 g/mol. The van der Waals surface area contributed by atoms with Crippen molar-refractivity contribution < 1.29 is 9.53 Å². The number of amides is 1. The van der Waals surface area contributed by atoms with Crippen LogP contribution in [0.3, 0.4) is 0 Å². The lowest BCUT2D eigenvalue weighted by molar-refractivity contribution is -0.148. The lowest BCUT2D eigenvalue weighted by Crippen LogP contribution is -2.50. The Bertz CT molecular complexity index is 733. The maximum absolute atomic E-state index is 13.5. The van der Waals surface area contributed by atoms with Gasteiger partial charge in [-0.1, -0.05) is 48.5 Å². The van der Waals surface area contributed by atoms with Gasteiger partial charge in [-0.15, -0.1) is 0 Å². The molecule has 25 heavy (non-hydrogen) atoms. The summed E-state index contributed by atoms with van der Waals surface area (Å²) in [7, 11) is 0. The number of fused-ring (bicyclic) bond motifs is 3. The largest absolute Gasteiger partial charge is 0.381 e. The molecule has 4 rings (SSSR count). The second-order valence-corrected chi connectivity index (χ2v) is 7.07. The Morgan fingerprint density at radius 3 is 2.00 bits per heavy atom. The Balaban J connectivity index is 1.74. The first-order valence-electron chi connectivity index (χ1n) is 8.97. The molecule has 0 bridgehead atoms. The van der Waals surface area contributed by atoms with Crippen LogP contribution in [0.15, 0.2) is 48.5 Å². The molecule has 4 nitrogen and oxygen atoms in total. The zero-order chi connectivity index (χ0) is 17.3. The van der Waals surface area contributed by atoms with Crippen LogP contribution >= 0.6 is 0 Å². The summed E-state index contributed by atoms with van der Waals surface area (Å²) >= 11 is 0. The van der Waals surface area contributed by atoms with Crippen LogP contribution in [0.25, 0.3) is 11.1 Å². The van der Waals surface area contributed by atoms with Gasteiger partial charge in [-0.25, -0.2) is 0 Å². The zero-order valence-electron chi connectivity index (χ0n) is 14.4. The van der Waals surface area contributed by atoms with Crippen molar-refractivity contribution in [3.63, 3.8) is 0 Å². The minimum atomic E-state index is -0.480. The smallest absolute Gasteiger partial charge is 0.230 e. The van der Waals surface area contributed by atoms with E-state index < -0.39 is 5.41 Å². The van der Waals surface area contributed by atoms with Crippen molar-refractivity contribution >= 4 is 5.91 Å². The van der Waals surface area contributed by atoms with E-state index in [-0.39, 0.29) is 5.91 Å². The van der Waals surface area contributed by atoms with E-state index in [0.29, 0.717) is 45.7 Å². The molecule has 2 aliphatic heterocycles. The Hall–Kier alpha value is -2.17. The Labute approximate surface area is 148 Å². The minimum absolute atomic E-state index is 0.171. The molecule has 1 saturated heterocycles. The van der Waals surface area contributed by atoms with Crippen LogP contribution in [-0.4, -0.2) is 30.6 Å². The summed E-state index contributed by atoms with van der Waals surface area (Å²) in [5.41, 5.74) is 10.4. The van der Waals surface area contributed by atoms with Gasteiger partial charge in [-0.05, 0) is 35.1 Å². The number of rotatable bonds is 2. The van der Waals surface area contributed by atoms with Gasteiger partial charge in [0, 0.05) is 32.8 Å². The molecule has 2 heterocycles. The maximum Gasteiger partial charge on any atom is 0.230 e. The third-order valence-corrected chi connectivity index (χ3v) is 5.63. The number of nitrogens with zero attached hydrogens (tertiary/aromatic N) is 1. The first-order valence-corrected chi connectivity index (χ1v) is 8.97. The lowest BCUT2D eigenvalue weighted by atomic mass is 9.78. The molecular formula is C21H24N2O2. The Morgan fingerprint density at radius 1 is 0.960 bits per heavy atom. The van der Waals surface area contributed by atoms with Crippen molar-refractivity contribution in [1.29, 1.82) is 0 Å². The highest BCUT2D eigenvalue weighted by atomic mass is 16.5. The molecule has 0 unspecified atom stereocenters. The molecule has 4 heteroatoms. The summed E-state index contributed by atoms with van der Waals surface area (Å²) in [6.07, 6.45) is 1.42. The summed E-state index contributed by atoms with van der Waals surface area (Å²) in [6, 6.07) is 16.8. The molecule has 2 aromatic carbocycles. The minimum Gasteiger partial charge on any atom is -0.381 e. The highest BCUT2D eigenvalue weighted by molar-refractivity contribution is 5.84. The molecule has 1 fully saturated rings. The Morgan fingerprint density at radius 2 is 1.48 bits per heavy atom. The molecule has 0 aromatic heterocycles. The van der Waals surface area contributed by atoms with E-state index in [2.05, 4.69) is 36.4 Å². The third-order valence-electron chi connectivity index (χ3n) is 5.63. The van der Waals surface area contributed by atoms with E-state index in [1.807, 2.05) is 17.0 Å². The molecule has 1 amide bonds. The summed E-state index contributed by atoms with van der Waals surface area (Å²) < 4.78 is 5.47. The maximum atomic E-state index is 13.5. The zero-order valence-corrected chi connectivity index (χ0v) is 14.4. The summed E-state index contributed by atoms with van der Waals surface area (Å²) in [5.74, 6) is 0.171. The van der Waals surface area contributed by atoms with E-state index in [1.165, 1.54) is 22.3 Å². The van der Waals surface area contributed by atoms with Gasteiger partial charge in [-0.2, -0.15) is 0 Å². The molecular weight excluding hydrogens is 312 g/mol. The fourth-order valence-corrected chi connectivity index (χ4v) is 4.06. The SMILES string of the molecule is NCC1(C(=O)N2Cc3ccccc3-c3ccccc3C2)CCOCC1. The van der Waals surface area contributed by atoms with Crippen LogP contribution in [-0.2, 0) is 22.6 Å². The number of benzene rings is 2. The van der Waals surface area contributed by atoms with Gasteiger partial charge in [-0.3, -0.25) is 4.79 Å². The van der Waals surface area contributed by atoms with E-state index in [4.69, 9.17) is 10.5 Å². The number of carbonyl (C=O) groups is 1. The van der Waals surface area contributed by atoms with Gasteiger partial charge in [0.2, 0.25) is 5.91 Å². The van der Waals surface area contributed by atoms with Crippen molar-refractivity contribution in [2.75, 3.05) is 19.8 Å². The fourth-order valence-electron chi connectivity index (χ4n) is 4.06. The summed E-state index contributed by atoms with van der Waals surface area (Å²) in [6.45, 7) is 2.88. The van der Waals surface area contributed by atoms with Crippen molar-refractivity contribution in [2.45, 2.75) is 25.9 Å². The standard InChI is InChI=1S/C21H24N2O2/c22-15-21(9-11-25-12-10-21)20(24)23-13-16-5-1-3-7-18(16)19-8-4-2-6-17(19)14-23/h1-8H,9-15,22H2. The number of hydrogen-bond donors (Lipinski definition) is 1. The molecule has 0 radical (unpaired) electrons. The fraction of sp³-hybridized carbons (Fsp3) is 0.381. The van der Waals surface area contributed by atoms with Crippen LogP contribution in [0.5, 0.6) is 0 Å². The molecule has 0 aliphatic carbocycles. The molecule has 2 N–H and O–H groups in total. The summed E-state index contributed by atoms with van der Waals surface area (Å²) in [4.78, 5) is 15.5. The first-order chi connectivity index (χ1) is 12.2. The van der Waals surface area contributed by atoms with Crippen LogP contribution in [0.1, 0.15) is 24.0 Å². The number of ether oxygens (including phenoxy) is 1. The number of carbonyl (C=O) groups excluding carboxylic acids is 1. The van der Waals surface area contributed by atoms with E-state index >= 15 is 0 Å². The highest BCUT2D eigenvalue weighted by Gasteiger charge is 2.42. The first kappa shape index (κ1) is 16.3. The van der Waals surface area contributed by atoms with Gasteiger partial charge < -0.3 is 15.4 Å². The molecule has 0 atom stereocenters. The van der Waals surface area contributed by atoms with Gasteiger partial charge in [0.05, 0.1) is 5.41 Å². The molecule has 2 aliphatic rings.